The molecule has 0 fully saturated rings. The van der Waals surface area contributed by atoms with Crippen LogP contribution in [0.1, 0.15) is 11.1 Å². The van der Waals surface area contributed by atoms with Crippen LogP contribution in [0.3, 0.4) is 0 Å². The summed E-state index contributed by atoms with van der Waals surface area (Å²) < 4.78 is 0. The van der Waals surface area contributed by atoms with Gasteiger partial charge in [-0.1, -0.05) is 78.9 Å². The molecule has 0 saturated carbocycles. The number of rotatable bonds is 3. The molecule has 2 heteroatoms. The summed E-state index contributed by atoms with van der Waals surface area (Å²) in [6.45, 7) is 4.14. The smallest absolute Gasteiger partial charge is 0.124 e. The van der Waals surface area contributed by atoms with E-state index < -0.39 is 5.54 Å². The van der Waals surface area contributed by atoms with Crippen molar-refractivity contribution in [3.05, 3.63) is 109 Å². The van der Waals surface area contributed by atoms with Crippen LogP contribution in [-0.4, -0.2) is 5.71 Å². The van der Waals surface area contributed by atoms with Crippen LogP contribution < -0.4 is 5.32 Å². The summed E-state index contributed by atoms with van der Waals surface area (Å²) in [6, 6.07) is 28.7. The van der Waals surface area contributed by atoms with Gasteiger partial charge in [-0.15, -0.1) is 6.58 Å². The Labute approximate surface area is 142 Å². The Balaban J connectivity index is 2.00. The average Bonchev–Trinajstić information content (AvgIpc) is 2.68. The van der Waals surface area contributed by atoms with Crippen molar-refractivity contribution in [2.45, 2.75) is 5.54 Å². The second-order valence-corrected chi connectivity index (χ2v) is 5.85. The Morgan fingerprint density at radius 1 is 0.792 bits per heavy atom. The van der Waals surface area contributed by atoms with Crippen molar-refractivity contribution in [3.63, 3.8) is 0 Å². The molecule has 0 radical (unpaired) electrons. The third-order valence-electron chi connectivity index (χ3n) is 4.42. The fourth-order valence-corrected chi connectivity index (χ4v) is 3.22. The predicted octanol–water partition coefficient (Wildman–Crippen LogP) is 5.31. The highest BCUT2D eigenvalue weighted by molar-refractivity contribution is 6.14. The van der Waals surface area contributed by atoms with Crippen molar-refractivity contribution >= 4 is 17.1 Å². The molecule has 1 aliphatic rings. The molecule has 0 bridgehead atoms. The highest BCUT2D eigenvalue weighted by Gasteiger charge is 2.38. The number of nitrogens with one attached hydrogen (secondary N) is 1. The minimum absolute atomic E-state index is 0.559. The van der Waals surface area contributed by atoms with Gasteiger partial charge in [0.1, 0.15) is 5.54 Å². The number of aliphatic imine (C=N–C) groups is 1. The van der Waals surface area contributed by atoms with Gasteiger partial charge in [0.15, 0.2) is 0 Å². The van der Waals surface area contributed by atoms with Gasteiger partial charge in [0, 0.05) is 0 Å². The first-order chi connectivity index (χ1) is 11.8. The van der Waals surface area contributed by atoms with Gasteiger partial charge in [-0.3, -0.25) is 0 Å². The molecule has 0 spiro atoms. The van der Waals surface area contributed by atoms with E-state index in [1.54, 1.807) is 0 Å². The molecule has 24 heavy (non-hydrogen) atoms. The van der Waals surface area contributed by atoms with Crippen LogP contribution >= 0.6 is 0 Å². The Bertz CT molecular complexity index is 898. The van der Waals surface area contributed by atoms with E-state index in [0.717, 1.165) is 28.2 Å². The lowest BCUT2D eigenvalue weighted by molar-refractivity contribution is 0.821. The third kappa shape index (κ3) is 2.24. The molecular weight excluding hydrogens is 292 g/mol. The topological polar surface area (TPSA) is 24.4 Å². The van der Waals surface area contributed by atoms with Crippen LogP contribution in [0.25, 0.3) is 0 Å². The fraction of sp³-hybridized carbons (Fsp3) is 0.0455. The molecule has 1 N–H and O–H groups in total. The number of fused-ring (bicyclic) bond motifs is 1. The van der Waals surface area contributed by atoms with Crippen molar-refractivity contribution in [1.29, 1.82) is 0 Å². The largest absolute Gasteiger partial charge is 0.365 e. The number of hydrogen-bond donors (Lipinski definition) is 1. The number of anilines is 1. The zero-order valence-corrected chi connectivity index (χ0v) is 13.3. The molecule has 3 aromatic rings. The maximum atomic E-state index is 5.00. The quantitative estimate of drug-likeness (QED) is 0.651. The molecule has 4 rings (SSSR count). The highest BCUT2D eigenvalue weighted by atomic mass is 15.1. The van der Waals surface area contributed by atoms with E-state index in [1.165, 1.54) is 0 Å². The molecule has 116 valence electrons. The van der Waals surface area contributed by atoms with Gasteiger partial charge in [-0.05, 0) is 23.3 Å². The number of nitrogens with zero attached hydrogens (tertiary/aromatic N) is 1. The van der Waals surface area contributed by atoms with Crippen LogP contribution in [0.4, 0.5) is 11.4 Å². The van der Waals surface area contributed by atoms with Gasteiger partial charge < -0.3 is 5.32 Å². The maximum absolute atomic E-state index is 5.00. The van der Waals surface area contributed by atoms with Gasteiger partial charge >= 0.3 is 0 Å². The van der Waals surface area contributed by atoms with Crippen LogP contribution in [0.15, 0.2) is 103 Å². The standard InChI is InChI=1S/C22H18N2/c1-2-22(18-13-7-4-8-14-18)21(17-11-5-3-6-12-17)23-19-15-9-10-16-20(19)24-22/h2-16,24H,1H2. The van der Waals surface area contributed by atoms with Crippen molar-refractivity contribution in [2.75, 3.05) is 5.32 Å². The van der Waals surface area contributed by atoms with Crippen molar-refractivity contribution in [1.82, 2.24) is 0 Å². The summed E-state index contributed by atoms with van der Waals surface area (Å²) in [5.74, 6) is 0. The normalized spacial score (nSPS) is 18.9. The first-order valence-corrected chi connectivity index (χ1v) is 8.04. The molecule has 1 aliphatic heterocycles. The second-order valence-electron chi connectivity index (χ2n) is 5.85. The first kappa shape index (κ1) is 14.5. The third-order valence-corrected chi connectivity index (χ3v) is 4.42. The van der Waals surface area contributed by atoms with Crippen molar-refractivity contribution in [3.8, 4) is 0 Å². The average molecular weight is 310 g/mol. The van der Waals surface area contributed by atoms with Crippen LogP contribution in [0.2, 0.25) is 0 Å². The maximum Gasteiger partial charge on any atom is 0.124 e. The zero-order valence-electron chi connectivity index (χ0n) is 13.3. The molecule has 2 nitrogen and oxygen atoms in total. The molecule has 0 aromatic heterocycles. The molecule has 1 heterocycles. The molecule has 0 amide bonds. The van der Waals surface area contributed by atoms with E-state index >= 15 is 0 Å². The van der Waals surface area contributed by atoms with E-state index in [9.17, 15) is 0 Å². The van der Waals surface area contributed by atoms with Crippen LogP contribution in [0.5, 0.6) is 0 Å². The second kappa shape index (κ2) is 5.82. The lowest BCUT2D eigenvalue weighted by Crippen LogP contribution is -2.43. The minimum atomic E-state index is -0.559. The summed E-state index contributed by atoms with van der Waals surface area (Å²) in [6.07, 6.45) is 1.95. The number of benzene rings is 3. The van der Waals surface area contributed by atoms with Gasteiger partial charge in [-0.2, -0.15) is 0 Å². The van der Waals surface area contributed by atoms with E-state index in [2.05, 4.69) is 42.2 Å². The number of para-hydroxylation sites is 2. The summed E-state index contributed by atoms with van der Waals surface area (Å²) in [5.41, 5.74) is 4.57. The lowest BCUT2D eigenvalue weighted by Gasteiger charge is -2.38. The van der Waals surface area contributed by atoms with Crippen molar-refractivity contribution in [2.24, 2.45) is 4.99 Å². The molecule has 1 unspecified atom stereocenters. The van der Waals surface area contributed by atoms with Gasteiger partial charge in [0.2, 0.25) is 0 Å². The van der Waals surface area contributed by atoms with Crippen LogP contribution in [-0.2, 0) is 5.54 Å². The summed E-state index contributed by atoms with van der Waals surface area (Å²) >= 11 is 0. The minimum Gasteiger partial charge on any atom is -0.365 e. The molecule has 3 aromatic carbocycles. The predicted molar refractivity (Wildman–Crippen MR) is 101 cm³/mol. The Morgan fingerprint density at radius 3 is 2.12 bits per heavy atom. The monoisotopic (exact) mass is 310 g/mol. The SMILES string of the molecule is C=CC1(c2ccccc2)Nc2ccccc2N=C1c1ccccc1. The summed E-state index contributed by atoms with van der Waals surface area (Å²) in [4.78, 5) is 5.00. The number of hydrogen-bond acceptors (Lipinski definition) is 2. The Kier molecular flexibility index (Phi) is 3.51. The van der Waals surface area contributed by atoms with E-state index in [0.29, 0.717) is 0 Å². The van der Waals surface area contributed by atoms with Gasteiger partial charge in [0.05, 0.1) is 17.1 Å². The Hall–Kier alpha value is -3.13. The van der Waals surface area contributed by atoms with Gasteiger partial charge in [-0.25, -0.2) is 4.99 Å². The van der Waals surface area contributed by atoms with E-state index in [1.807, 2.05) is 60.7 Å². The van der Waals surface area contributed by atoms with Crippen molar-refractivity contribution < 1.29 is 0 Å². The Morgan fingerprint density at radius 2 is 1.42 bits per heavy atom. The summed E-state index contributed by atoms with van der Waals surface area (Å²) in [5, 5.41) is 3.68. The first-order valence-electron chi connectivity index (χ1n) is 8.04. The van der Waals surface area contributed by atoms with Crippen LogP contribution in [0, 0.1) is 0 Å². The highest BCUT2D eigenvalue weighted by Crippen LogP contribution is 2.41. The lowest BCUT2D eigenvalue weighted by atomic mass is 9.80. The molecule has 0 saturated heterocycles. The molecule has 0 aliphatic carbocycles. The molecular formula is C22H18N2. The van der Waals surface area contributed by atoms with Gasteiger partial charge in [0.25, 0.3) is 0 Å². The molecule has 1 atom stereocenters. The fourth-order valence-electron chi connectivity index (χ4n) is 3.22. The zero-order chi connectivity index (χ0) is 16.4. The van der Waals surface area contributed by atoms with E-state index in [-0.39, 0.29) is 0 Å². The summed E-state index contributed by atoms with van der Waals surface area (Å²) in [7, 11) is 0. The van der Waals surface area contributed by atoms with E-state index in [4.69, 9.17) is 4.99 Å².